The molecule has 0 bridgehead atoms. The monoisotopic (exact) mass is 642 g/mol. The Balaban J connectivity index is 3.62. The van der Waals surface area contributed by atoms with E-state index in [1.807, 2.05) is 0 Å². The number of rotatable bonds is 31. The van der Waals surface area contributed by atoms with Gasteiger partial charge in [-0.3, -0.25) is 19.2 Å². The Morgan fingerprint density at radius 2 is 0.630 bits per heavy atom. The van der Waals surface area contributed by atoms with Crippen LogP contribution in [0, 0.1) is 0 Å². The standard InChI is InChI=1S/C40H66O6/c1-3-5-7-9-11-13-15-17-19-21-23-25-27-29-31-33-37(41)45-39(43)35-36-40(44)46-38(42)34-32-30-28-26-24-22-20-18-16-14-12-10-8-6-4-2/h11-14,17-20H,3-10,15-16,21-36H2,1-2H3/b13-11-,14-12-,19-17-,20-18-. The van der Waals surface area contributed by atoms with Gasteiger partial charge >= 0.3 is 23.9 Å². The molecule has 0 spiro atoms. The van der Waals surface area contributed by atoms with Gasteiger partial charge in [-0.15, -0.1) is 0 Å². The molecule has 0 aromatic rings. The highest BCUT2D eigenvalue weighted by molar-refractivity contribution is 5.89. The number of carbonyl (C=O) groups excluding carboxylic acids is 4. The lowest BCUT2D eigenvalue weighted by Gasteiger charge is -2.05. The fraction of sp³-hybridized carbons (Fsp3) is 0.700. The molecule has 6 heteroatoms. The van der Waals surface area contributed by atoms with E-state index in [0.29, 0.717) is 12.8 Å². The second kappa shape index (κ2) is 35.1. The van der Waals surface area contributed by atoms with Gasteiger partial charge in [0.1, 0.15) is 0 Å². The fourth-order valence-corrected chi connectivity index (χ4v) is 4.82. The average molecular weight is 643 g/mol. The zero-order valence-electron chi connectivity index (χ0n) is 29.5. The van der Waals surface area contributed by atoms with Gasteiger partial charge in [-0.25, -0.2) is 0 Å². The lowest BCUT2D eigenvalue weighted by atomic mass is 10.1. The van der Waals surface area contributed by atoms with Crippen LogP contribution in [0.4, 0.5) is 0 Å². The van der Waals surface area contributed by atoms with E-state index in [4.69, 9.17) is 9.47 Å². The number of hydrogen-bond acceptors (Lipinski definition) is 6. The van der Waals surface area contributed by atoms with Gasteiger partial charge in [0.15, 0.2) is 0 Å². The minimum atomic E-state index is -0.759. The van der Waals surface area contributed by atoms with E-state index in [0.717, 1.165) is 77.0 Å². The zero-order valence-corrected chi connectivity index (χ0v) is 29.5. The first-order valence-corrected chi connectivity index (χ1v) is 18.6. The minimum Gasteiger partial charge on any atom is -0.393 e. The highest BCUT2D eigenvalue weighted by Gasteiger charge is 2.15. The summed E-state index contributed by atoms with van der Waals surface area (Å²) in [4.78, 5) is 47.6. The maximum absolute atomic E-state index is 11.9. The molecule has 0 aromatic carbocycles. The van der Waals surface area contributed by atoms with Crippen LogP contribution in [-0.4, -0.2) is 23.9 Å². The van der Waals surface area contributed by atoms with Crippen molar-refractivity contribution < 1.29 is 28.7 Å². The van der Waals surface area contributed by atoms with Gasteiger partial charge in [0.2, 0.25) is 0 Å². The van der Waals surface area contributed by atoms with Crippen LogP contribution in [0.25, 0.3) is 0 Å². The average Bonchev–Trinajstić information content (AvgIpc) is 3.03. The number of unbranched alkanes of at least 4 members (excludes halogenated alkanes) is 16. The lowest BCUT2D eigenvalue weighted by molar-refractivity contribution is -0.165. The summed E-state index contributed by atoms with van der Waals surface area (Å²) in [6.45, 7) is 4.44. The number of carbonyl (C=O) groups is 4. The third kappa shape index (κ3) is 34.1. The van der Waals surface area contributed by atoms with Crippen molar-refractivity contribution in [3.05, 3.63) is 48.6 Å². The van der Waals surface area contributed by atoms with E-state index in [9.17, 15) is 19.2 Å². The fourth-order valence-electron chi connectivity index (χ4n) is 4.82. The molecule has 46 heavy (non-hydrogen) atoms. The van der Waals surface area contributed by atoms with Gasteiger partial charge in [0, 0.05) is 12.8 Å². The van der Waals surface area contributed by atoms with Gasteiger partial charge < -0.3 is 9.47 Å². The highest BCUT2D eigenvalue weighted by Crippen LogP contribution is 2.11. The topological polar surface area (TPSA) is 86.7 Å². The molecule has 0 rings (SSSR count). The van der Waals surface area contributed by atoms with E-state index in [2.05, 4.69) is 62.5 Å². The van der Waals surface area contributed by atoms with Crippen LogP contribution in [0.2, 0.25) is 0 Å². The predicted molar refractivity (Wildman–Crippen MR) is 190 cm³/mol. The van der Waals surface area contributed by atoms with Gasteiger partial charge in [0.25, 0.3) is 0 Å². The second-order valence-electron chi connectivity index (χ2n) is 12.2. The summed E-state index contributed by atoms with van der Waals surface area (Å²) in [5.41, 5.74) is 0. The van der Waals surface area contributed by atoms with Crippen LogP contribution in [0.15, 0.2) is 48.6 Å². The molecule has 0 saturated heterocycles. The van der Waals surface area contributed by atoms with E-state index in [1.54, 1.807) is 0 Å². The van der Waals surface area contributed by atoms with E-state index >= 15 is 0 Å². The first kappa shape index (κ1) is 43.2. The number of allylic oxidation sites excluding steroid dienone is 8. The van der Waals surface area contributed by atoms with E-state index < -0.39 is 23.9 Å². The van der Waals surface area contributed by atoms with Gasteiger partial charge in [-0.05, 0) is 77.0 Å². The van der Waals surface area contributed by atoms with Crippen LogP contribution in [0.5, 0.6) is 0 Å². The molecular weight excluding hydrogens is 576 g/mol. The van der Waals surface area contributed by atoms with E-state index in [-0.39, 0.29) is 25.7 Å². The molecule has 262 valence electrons. The first-order chi connectivity index (χ1) is 22.5. The molecule has 0 radical (unpaired) electrons. The van der Waals surface area contributed by atoms with Gasteiger partial charge in [-0.1, -0.05) is 127 Å². The second-order valence-corrected chi connectivity index (χ2v) is 12.2. The normalized spacial score (nSPS) is 11.8. The third-order valence-electron chi connectivity index (χ3n) is 7.65. The number of hydrogen-bond donors (Lipinski definition) is 0. The van der Waals surface area contributed by atoms with Gasteiger partial charge in [0.05, 0.1) is 12.8 Å². The summed E-state index contributed by atoms with van der Waals surface area (Å²) < 4.78 is 9.59. The summed E-state index contributed by atoms with van der Waals surface area (Å²) in [5, 5.41) is 0. The maximum Gasteiger partial charge on any atom is 0.314 e. The Bertz CT molecular complexity index is 810. The molecular formula is C40H66O6. The zero-order chi connectivity index (χ0) is 33.8. The van der Waals surface area contributed by atoms with Crippen molar-refractivity contribution in [3.63, 3.8) is 0 Å². The van der Waals surface area contributed by atoms with Crippen molar-refractivity contribution in [1.82, 2.24) is 0 Å². The predicted octanol–water partition coefficient (Wildman–Crippen LogP) is 11.5. The van der Waals surface area contributed by atoms with Crippen LogP contribution < -0.4 is 0 Å². The van der Waals surface area contributed by atoms with Crippen molar-refractivity contribution in [1.29, 1.82) is 0 Å². The summed E-state index contributed by atoms with van der Waals surface area (Å²) >= 11 is 0. The molecule has 0 N–H and O–H groups in total. The Kier molecular flexibility index (Phi) is 33.0. The van der Waals surface area contributed by atoms with Crippen LogP contribution in [-0.2, 0) is 28.7 Å². The molecule has 0 aromatic heterocycles. The molecule has 0 heterocycles. The molecule has 0 fully saturated rings. The Hall–Kier alpha value is -2.76. The summed E-state index contributed by atoms with van der Waals surface area (Å²) in [6.07, 6.45) is 41.7. The van der Waals surface area contributed by atoms with Crippen molar-refractivity contribution in [2.45, 2.75) is 181 Å². The molecule has 0 unspecified atom stereocenters. The Labute approximate surface area is 281 Å². The molecule has 6 nitrogen and oxygen atoms in total. The SMILES string of the molecule is CCCCC/C=C\C/C=C\CCCCCCCC(=O)OC(=O)CCC(=O)OC(=O)CCCCCCC/C=C\C/C=C\CCCCC. The summed E-state index contributed by atoms with van der Waals surface area (Å²) in [6, 6.07) is 0. The van der Waals surface area contributed by atoms with Crippen LogP contribution >= 0.6 is 0 Å². The molecule has 0 atom stereocenters. The molecule has 0 aliphatic heterocycles. The number of ether oxygens (including phenoxy) is 2. The summed E-state index contributed by atoms with van der Waals surface area (Å²) in [5.74, 6) is -2.65. The molecule has 0 aliphatic carbocycles. The van der Waals surface area contributed by atoms with Crippen LogP contribution in [0.3, 0.4) is 0 Å². The van der Waals surface area contributed by atoms with Gasteiger partial charge in [-0.2, -0.15) is 0 Å². The molecule has 0 aliphatic rings. The van der Waals surface area contributed by atoms with Crippen LogP contribution in [0.1, 0.15) is 181 Å². The van der Waals surface area contributed by atoms with Crippen molar-refractivity contribution in [2.75, 3.05) is 0 Å². The smallest absolute Gasteiger partial charge is 0.314 e. The Morgan fingerprint density at radius 1 is 0.348 bits per heavy atom. The van der Waals surface area contributed by atoms with E-state index in [1.165, 1.54) is 51.4 Å². The summed E-state index contributed by atoms with van der Waals surface area (Å²) in [7, 11) is 0. The maximum atomic E-state index is 11.9. The molecule has 0 saturated carbocycles. The first-order valence-electron chi connectivity index (χ1n) is 18.6. The lowest BCUT2D eigenvalue weighted by Crippen LogP contribution is -2.16. The van der Waals surface area contributed by atoms with Crippen molar-refractivity contribution in [2.24, 2.45) is 0 Å². The number of esters is 4. The van der Waals surface area contributed by atoms with Crippen molar-refractivity contribution >= 4 is 23.9 Å². The molecule has 0 amide bonds. The quantitative estimate of drug-likeness (QED) is 0.0324. The Morgan fingerprint density at radius 3 is 0.978 bits per heavy atom. The van der Waals surface area contributed by atoms with Crippen molar-refractivity contribution in [3.8, 4) is 0 Å². The third-order valence-corrected chi connectivity index (χ3v) is 7.65. The highest BCUT2D eigenvalue weighted by atomic mass is 16.6. The minimum absolute atomic E-state index is 0.187. The largest absolute Gasteiger partial charge is 0.393 e.